The zero-order valence-corrected chi connectivity index (χ0v) is 18.5. The third kappa shape index (κ3) is 6.09. The van der Waals surface area contributed by atoms with Crippen molar-refractivity contribution in [2.45, 2.75) is 13.0 Å². The maximum absolute atomic E-state index is 12.2. The van der Waals surface area contributed by atoms with Gasteiger partial charge in [-0.05, 0) is 55.4 Å². The highest BCUT2D eigenvalue weighted by molar-refractivity contribution is 6.31. The minimum absolute atomic E-state index is 0.00956. The van der Waals surface area contributed by atoms with Gasteiger partial charge in [-0.25, -0.2) is 4.98 Å². The summed E-state index contributed by atoms with van der Waals surface area (Å²) in [6.45, 7) is 1.99. The Balaban J connectivity index is 1.59. The zero-order valence-electron chi connectivity index (χ0n) is 17.8. The van der Waals surface area contributed by atoms with Crippen LogP contribution in [0.15, 0.2) is 54.7 Å². The van der Waals surface area contributed by atoms with Gasteiger partial charge in [0.1, 0.15) is 11.6 Å². The largest absolute Gasteiger partial charge is 0.491 e. The molecule has 0 fully saturated rings. The SMILES string of the molecule is CN1CC(=O)NCCCOc2ccc(Cl)cc2Nc2ccnc(n2)Nc2ccc(cc2)C1. The van der Waals surface area contributed by atoms with Crippen LogP contribution in [0.4, 0.5) is 23.1 Å². The Labute approximate surface area is 192 Å². The smallest absolute Gasteiger partial charge is 0.234 e. The third-order valence-corrected chi connectivity index (χ3v) is 5.07. The highest BCUT2D eigenvalue weighted by Crippen LogP contribution is 2.30. The van der Waals surface area contributed by atoms with Crippen LogP contribution in [0.3, 0.4) is 0 Å². The fourth-order valence-corrected chi connectivity index (χ4v) is 3.50. The van der Waals surface area contributed by atoms with Gasteiger partial charge in [-0.1, -0.05) is 23.7 Å². The predicted molar refractivity (Wildman–Crippen MR) is 126 cm³/mol. The van der Waals surface area contributed by atoms with Gasteiger partial charge in [0, 0.05) is 30.0 Å². The first-order valence-corrected chi connectivity index (χ1v) is 10.8. The zero-order chi connectivity index (χ0) is 22.3. The van der Waals surface area contributed by atoms with Crippen LogP contribution in [0.25, 0.3) is 0 Å². The molecule has 0 atom stereocenters. The molecule has 2 aliphatic heterocycles. The van der Waals surface area contributed by atoms with Crippen molar-refractivity contribution in [2.75, 3.05) is 37.4 Å². The molecule has 32 heavy (non-hydrogen) atoms. The molecule has 3 aromatic rings. The number of hydrogen-bond donors (Lipinski definition) is 3. The number of nitrogens with one attached hydrogen (secondary N) is 3. The second-order valence-electron chi connectivity index (χ2n) is 7.58. The van der Waals surface area contributed by atoms with Gasteiger partial charge in [0.2, 0.25) is 11.9 Å². The number of benzene rings is 2. The number of hydrogen-bond acceptors (Lipinski definition) is 7. The predicted octanol–water partition coefficient (Wildman–Crippen LogP) is 3.95. The first-order chi connectivity index (χ1) is 15.5. The Hall–Kier alpha value is -3.36. The summed E-state index contributed by atoms with van der Waals surface area (Å²) in [5, 5.41) is 9.99. The van der Waals surface area contributed by atoms with Crippen molar-refractivity contribution in [1.82, 2.24) is 20.2 Å². The van der Waals surface area contributed by atoms with Gasteiger partial charge < -0.3 is 20.7 Å². The molecule has 2 aliphatic rings. The molecule has 0 radical (unpaired) electrons. The summed E-state index contributed by atoms with van der Waals surface area (Å²) in [5.41, 5.74) is 2.68. The number of aromatic nitrogens is 2. The summed E-state index contributed by atoms with van der Waals surface area (Å²) in [5.74, 6) is 1.72. The number of carbonyl (C=O) groups excluding carboxylic acids is 1. The second-order valence-corrected chi connectivity index (χ2v) is 8.01. The molecule has 166 valence electrons. The Kier molecular flexibility index (Phi) is 7.03. The Morgan fingerprint density at radius 3 is 2.75 bits per heavy atom. The molecule has 0 spiro atoms. The average Bonchev–Trinajstić information content (AvgIpc) is 2.76. The summed E-state index contributed by atoms with van der Waals surface area (Å²) < 4.78 is 5.93. The highest BCUT2D eigenvalue weighted by Gasteiger charge is 2.10. The quantitative estimate of drug-likeness (QED) is 0.475. The summed E-state index contributed by atoms with van der Waals surface area (Å²) in [6, 6.07) is 15.1. The van der Waals surface area contributed by atoms with Crippen molar-refractivity contribution in [2.24, 2.45) is 0 Å². The fourth-order valence-electron chi connectivity index (χ4n) is 3.33. The van der Waals surface area contributed by atoms with E-state index in [9.17, 15) is 4.79 Å². The van der Waals surface area contributed by atoms with Crippen LogP contribution >= 0.6 is 11.6 Å². The van der Waals surface area contributed by atoms with E-state index in [1.165, 1.54) is 0 Å². The van der Waals surface area contributed by atoms with Crippen molar-refractivity contribution >= 4 is 40.6 Å². The molecule has 1 amide bonds. The van der Waals surface area contributed by atoms with Crippen LogP contribution in [-0.4, -0.2) is 47.5 Å². The maximum atomic E-state index is 12.2. The summed E-state index contributed by atoms with van der Waals surface area (Å²) in [4.78, 5) is 23.0. The molecule has 3 N–H and O–H groups in total. The van der Waals surface area contributed by atoms with E-state index >= 15 is 0 Å². The van der Waals surface area contributed by atoms with Crippen molar-refractivity contribution in [3.8, 4) is 5.75 Å². The van der Waals surface area contributed by atoms with E-state index in [1.54, 1.807) is 24.4 Å². The number of amides is 1. The number of carbonyl (C=O) groups is 1. The monoisotopic (exact) mass is 452 g/mol. The van der Waals surface area contributed by atoms with E-state index in [2.05, 4.69) is 25.9 Å². The van der Waals surface area contributed by atoms with Gasteiger partial charge in [0.05, 0.1) is 18.8 Å². The van der Waals surface area contributed by atoms with Crippen molar-refractivity contribution in [1.29, 1.82) is 0 Å². The molecule has 3 heterocycles. The molecule has 0 saturated heterocycles. The Morgan fingerprint density at radius 1 is 1.06 bits per heavy atom. The molecule has 0 saturated carbocycles. The molecule has 2 aromatic carbocycles. The lowest BCUT2D eigenvalue weighted by atomic mass is 10.2. The standard InChI is InChI=1S/C23H25ClN6O2/c1-30-14-16-3-6-18(7-4-16)27-23-26-11-9-21(29-23)28-19-13-17(24)5-8-20(19)32-12-2-10-25-22(31)15-30/h3-9,11,13H,2,10,12,14-15H2,1H3,(H,25,31)(H2,26,27,28,29). The van der Waals surface area contributed by atoms with Gasteiger partial charge in [0.15, 0.2) is 0 Å². The number of likely N-dealkylation sites (N-methyl/N-ethyl adjacent to an activating group) is 1. The van der Waals surface area contributed by atoms with E-state index in [0.717, 1.165) is 11.3 Å². The lowest BCUT2D eigenvalue weighted by Crippen LogP contribution is -2.35. The van der Waals surface area contributed by atoms with E-state index in [0.29, 0.717) is 60.9 Å². The normalized spacial score (nSPS) is 15.5. The molecule has 5 rings (SSSR count). The number of fused-ring (bicyclic) bond motifs is 10. The third-order valence-electron chi connectivity index (χ3n) is 4.84. The Bertz CT molecular complexity index is 1080. The first kappa shape index (κ1) is 21.9. The number of nitrogens with zero attached hydrogens (tertiary/aromatic N) is 3. The number of rotatable bonds is 0. The number of ether oxygens (including phenoxy) is 1. The molecule has 9 heteroatoms. The molecule has 4 bridgehead atoms. The van der Waals surface area contributed by atoms with Crippen molar-refractivity contribution in [3.63, 3.8) is 0 Å². The lowest BCUT2D eigenvalue weighted by Gasteiger charge is -2.17. The molecule has 0 unspecified atom stereocenters. The van der Waals surface area contributed by atoms with Gasteiger partial charge >= 0.3 is 0 Å². The lowest BCUT2D eigenvalue weighted by molar-refractivity contribution is -0.122. The summed E-state index contributed by atoms with van der Waals surface area (Å²) in [6.07, 6.45) is 2.36. The van der Waals surface area contributed by atoms with Gasteiger partial charge in [-0.15, -0.1) is 0 Å². The van der Waals surface area contributed by atoms with Gasteiger partial charge in [-0.3, -0.25) is 9.69 Å². The van der Waals surface area contributed by atoms with Crippen molar-refractivity contribution in [3.05, 3.63) is 65.3 Å². The molecule has 8 nitrogen and oxygen atoms in total. The number of anilines is 4. The Morgan fingerprint density at radius 2 is 1.91 bits per heavy atom. The van der Waals surface area contributed by atoms with E-state index in [1.807, 2.05) is 42.3 Å². The molecular weight excluding hydrogens is 428 g/mol. The molecule has 1 aromatic heterocycles. The van der Waals surface area contributed by atoms with E-state index in [-0.39, 0.29) is 5.91 Å². The molecule has 0 aliphatic carbocycles. The van der Waals surface area contributed by atoms with Gasteiger partial charge in [-0.2, -0.15) is 4.98 Å². The highest BCUT2D eigenvalue weighted by atomic mass is 35.5. The van der Waals surface area contributed by atoms with E-state index in [4.69, 9.17) is 16.3 Å². The summed E-state index contributed by atoms with van der Waals surface area (Å²) in [7, 11) is 1.93. The van der Waals surface area contributed by atoms with Crippen LogP contribution in [0.5, 0.6) is 5.75 Å². The fraction of sp³-hybridized carbons (Fsp3) is 0.261. The van der Waals surface area contributed by atoms with Gasteiger partial charge in [0.25, 0.3) is 0 Å². The van der Waals surface area contributed by atoms with Crippen LogP contribution in [-0.2, 0) is 11.3 Å². The average molecular weight is 453 g/mol. The van der Waals surface area contributed by atoms with Crippen LogP contribution in [0.1, 0.15) is 12.0 Å². The number of halogens is 1. The van der Waals surface area contributed by atoms with Crippen LogP contribution in [0, 0.1) is 0 Å². The van der Waals surface area contributed by atoms with Crippen LogP contribution < -0.4 is 20.7 Å². The van der Waals surface area contributed by atoms with Crippen LogP contribution in [0.2, 0.25) is 5.02 Å². The minimum atomic E-state index is -0.00956. The molecular formula is C23H25ClN6O2. The van der Waals surface area contributed by atoms with E-state index < -0.39 is 0 Å². The summed E-state index contributed by atoms with van der Waals surface area (Å²) >= 11 is 6.19. The second kappa shape index (κ2) is 10.3. The van der Waals surface area contributed by atoms with Crippen molar-refractivity contribution < 1.29 is 9.53 Å². The first-order valence-electron chi connectivity index (χ1n) is 10.4. The minimum Gasteiger partial charge on any atom is -0.491 e. The topological polar surface area (TPSA) is 91.4 Å². The maximum Gasteiger partial charge on any atom is 0.234 e.